The molecule has 0 spiro atoms. The zero-order valence-electron chi connectivity index (χ0n) is 8.63. The number of hydrogen-bond donors (Lipinski definition) is 2. The summed E-state index contributed by atoms with van der Waals surface area (Å²) in [5.74, 6) is 0.101. The Labute approximate surface area is 79.5 Å². The van der Waals surface area contributed by atoms with Gasteiger partial charge in [0.15, 0.2) is 0 Å². The minimum absolute atomic E-state index is 0.0481. The summed E-state index contributed by atoms with van der Waals surface area (Å²) in [6, 6.07) is 0.213. The third kappa shape index (κ3) is 3.77. The smallest absolute Gasteiger partial charge is 0.220 e. The maximum absolute atomic E-state index is 11.4. The summed E-state index contributed by atoms with van der Waals surface area (Å²) in [5, 5.41) is 11.9. The van der Waals surface area contributed by atoms with Crippen molar-refractivity contribution in [2.24, 2.45) is 5.41 Å². The molecule has 1 amide bonds. The van der Waals surface area contributed by atoms with Crippen molar-refractivity contribution in [3.63, 3.8) is 0 Å². The summed E-state index contributed by atoms with van der Waals surface area (Å²) >= 11 is 0. The van der Waals surface area contributed by atoms with E-state index in [1.807, 2.05) is 20.8 Å². The summed E-state index contributed by atoms with van der Waals surface area (Å²) < 4.78 is 0. The zero-order valence-corrected chi connectivity index (χ0v) is 8.63. The molecule has 76 valence electrons. The predicted molar refractivity (Wildman–Crippen MR) is 51.2 cm³/mol. The van der Waals surface area contributed by atoms with Crippen LogP contribution in [0.4, 0.5) is 0 Å². The lowest BCUT2D eigenvalue weighted by atomic mass is 9.88. The second kappa shape index (κ2) is 3.66. The summed E-state index contributed by atoms with van der Waals surface area (Å²) in [6.07, 6.45) is 1.80. The molecule has 3 heteroatoms. The van der Waals surface area contributed by atoms with Gasteiger partial charge in [-0.3, -0.25) is 4.79 Å². The number of rotatable bonds is 2. The summed E-state index contributed by atoms with van der Waals surface area (Å²) in [6.45, 7) is 6.13. The molecule has 0 aromatic carbocycles. The number of aliphatic hydroxyl groups excluding tert-OH is 1. The normalized spacial score (nSPS) is 28.0. The molecule has 3 nitrogen and oxygen atoms in total. The molecule has 1 fully saturated rings. The Morgan fingerprint density at radius 1 is 1.46 bits per heavy atom. The minimum atomic E-state index is -0.195. The largest absolute Gasteiger partial charge is 0.393 e. The topological polar surface area (TPSA) is 49.3 Å². The quantitative estimate of drug-likeness (QED) is 0.676. The molecule has 0 atom stereocenters. The molecule has 0 aromatic heterocycles. The fourth-order valence-electron chi connectivity index (χ4n) is 1.47. The Morgan fingerprint density at radius 2 is 2.00 bits per heavy atom. The Kier molecular flexibility index (Phi) is 2.96. The molecular formula is C10H19NO2. The van der Waals surface area contributed by atoms with E-state index >= 15 is 0 Å². The molecule has 1 saturated carbocycles. The lowest BCUT2D eigenvalue weighted by Crippen LogP contribution is -2.47. The molecular weight excluding hydrogens is 166 g/mol. The van der Waals surface area contributed by atoms with Crippen LogP contribution in [0.1, 0.15) is 40.0 Å². The van der Waals surface area contributed by atoms with Gasteiger partial charge in [-0.1, -0.05) is 20.8 Å². The number of nitrogens with one attached hydrogen (secondary N) is 1. The predicted octanol–water partition coefficient (Wildman–Crippen LogP) is 1.06. The first-order chi connectivity index (χ1) is 5.87. The Bertz CT molecular complexity index is 190. The van der Waals surface area contributed by atoms with Gasteiger partial charge < -0.3 is 10.4 Å². The molecule has 13 heavy (non-hydrogen) atoms. The van der Waals surface area contributed by atoms with Crippen molar-refractivity contribution in [3.05, 3.63) is 0 Å². The Balaban J connectivity index is 2.19. The number of amides is 1. The summed E-state index contributed by atoms with van der Waals surface area (Å²) in [5.41, 5.74) is 0.0481. The summed E-state index contributed by atoms with van der Waals surface area (Å²) in [4.78, 5) is 11.4. The first-order valence-corrected chi connectivity index (χ1v) is 4.84. The van der Waals surface area contributed by atoms with Crippen LogP contribution in [0.15, 0.2) is 0 Å². The van der Waals surface area contributed by atoms with E-state index in [2.05, 4.69) is 5.32 Å². The number of carbonyl (C=O) groups excluding carboxylic acids is 1. The molecule has 0 unspecified atom stereocenters. The van der Waals surface area contributed by atoms with E-state index in [4.69, 9.17) is 5.11 Å². The summed E-state index contributed by atoms with van der Waals surface area (Å²) in [7, 11) is 0. The molecule has 0 saturated heterocycles. The van der Waals surface area contributed by atoms with Crippen LogP contribution in [0, 0.1) is 5.41 Å². The average Bonchev–Trinajstić information content (AvgIpc) is 1.79. The van der Waals surface area contributed by atoms with E-state index in [1.165, 1.54) is 0 Å². The van der Waals surface area contributed by atoms with Crippen LogP contribution in [-0.2, 0) is 4.79 Å². The molecule has 0 aromatic rings. The van der Waals surface area contributed by atoms with Gasteiger partial charge in [-0.25, -0.2) is 0 Å². The molecule has 1 aliphatic rings. The third-order valence-electron chi connectivity index (χ3n) is 2.17. The number of hydrogen-bond acceptors (Lipinski definition) is 2. The van der Waals surface area contributed by atoms with Gasteiger partial charge in [0.25, 0.3) is 0 Å². The van der Waals surface area contributed by atoms with Gasteiger partial charge in [0.05, 0.1) is 6.10 Å². The third-order valence-corrected chi connectivity index (χ3v) is 2.17. The second-order valence-electron chi connectivity index (χ2n) is 5.13. The monoisotopic (exact) mass is 185 g/mol. The van der Waals surface area contributed by atoms with E-state index in [0.717, 1.165) is 12.8 Å². The Hall–Kier alpha value is -0.570. The van der Waals surface area contributed by atoms with Gasteiger partial charge in [0.2, 0.25) is 5.91 Å². The van der Waals surface area contributed by atoms with E-state index in [-0.39, 0.29) is 23.5 Å². The van der Waals surface area contributed by atoms with Gasteiger partial charge in [-0.05, 0) is 18.3 Å². The fourth-order valence-corrected chi connectivity index (χ4v) is 1.47. The zero-order chi connectivity index (χ0) is 10.1. The number of aliphatic hydroxyl groups is 1. The molecule has 0 heterocycles. The maximum atomic E-state index is 11.4. The van der Waals surface area contributed by atoms with Gasteiger partial charge in [-0.15, -0.1) is 0 Å². The lowest BCUT2D eigenvalue weighted by molar-refractivity contribution is -0.124. The highest BCUT2D eigenvalue weighted by atomic mass is 16.3. The highest BCUT2D eigenvalue weighted by molar-refractivity contribution is 5.77. The van der Waals surface area contributed by atoms with E-state index in [9.17, 15) is 4.79 Å². The fraction of sp³-hybridized carbons (Fsp3) is 0.900. The van der Waals surface area contributed by atoms with Crippen molar-refractivity contribution in [2.45, 2.75) is 52.2 Å². The van der Waals surface area contributed by atoms with Crippen molar-refractivity contribution in [1.82, 2.24) is 5.32 Å². The molecule has 0 aliphatic heterocycles. The average molecular weight is 185 g/mol. The molecule has 2 N–H and O–H groups in total. The first kappa shape index (κ1) is 10.5. The van der Waals surface area contributed by atoms with Gasteiger partial charge in [0, 0.05) is 12.5 Å². The molecule has 0 radical (unpaired) electrons. The van der Waals surface area contributed by atoms with E-state index in [1.54, 1.807) is 0 Å². The van der Waals surface area contributed by atoms with Crippen LogP contribution < -0.4 is 5.32 Å². The van der Waals surface area contributed by atoms with Crippen LogP contribution >= 0.6 is 0 Å². The standard InChI is InChI=1S/C10H19NO2/c1-10(2,3)6-9(13)11-7-4-8(12)5-7/h7-8,12H,4-6H2,1-3H3,(H,11,13). The minimum Gasteiger partial charge on any atom is -0.393 e. The van der Waals surface area contributed by atoms with Crippen LogP contribution in [0.25, 0.3) is 0 Å². The maximum Gasteiger partial charge on any atom is 0.220 e. The van der Waals surface area contributed by atoms with Crippen molar-refractivity contribution in [3.8, 4) is 0 Å². The van der Waals surface area contributed by atoms with Crippen molar-refractivity contribution >= 4 is 5.91 Å². The molecule has 0 bridgehead atoms. The number of carbonyl (C=O) groups is 1. The van der Waals surface area contributed by atoms with Crippen LogP contribution in [-0.4, -0.2) is 23.2 Å². The Morgan fingerprint density at radius 3 is 2.38 bits per heavy atom. The SMILES string of the molecule is CC(C)(C)CC(=O)NC1CC(O)C1. The van der Waals surface area contributed by atoms with Crippen molar-refractivity contribution in [2.75, 3.05) is 0 Å². The van der Waals surface area contributed by atoms with Gasteiger partial charge in [-0.2, -0.15) is 0 Å². The van der Waals surface area contributed by atoms with E-state index < -0.39 is 0 Å². The first-order valence-electron chi connectivity index (χ1n) is 4.84. The van der Waals surface area contributed by atoms with Crippen LogP contribution in [0.3, 0.4) is 0 Å². The van der Waals surface area contributed by atoms with Gasteiger partial charge in [0.1, 0.15) is 0 Å². The van der Waals surface area contributed by atoms with Crippen molar-refractivity contribution in [1.29, 1.82) is 0 Å². The molecule has 1 rings (SSSR count). The van der Waals surface area contributed by atoms with Crippen LogP contribution in [0.5, 0.6) is 0 Å². The lowest BCUT2D eigenvalue weighted by Gasteiger charge is -2.32. The highest BCUT2D eigenvalue weighted by Gasteiger charge is 2.29. The highest BCUT2D eigenvalue weighted by Crippen LogP contribution is 2.22. The van der Waals surface area contributed by atoms with E-state index in [0.29, 0.717) is 6.42 Å². The molecule has 1 aliphatic carbocycles. The van der Waals surface area contributed by atoms with Gasteiger partial charge >= 0.3 is 0 Å². The second-order valence-corrected chi connectivity index (χ2v) is 5.13. The van der Waals surface area contributed by atoms with Crippen LogP contribution in [0.2, 0.25) is 0 Å². The van der Waals surface area contributed by atoms with Crippen molar-refractivity contribution < 1.29 is 9.90 Å².